The lowest BCUT2D eigenvalue weighted by Gasteiger charge is -2.28. The molecule has 106 valence electrons. The number of carbonyl (C=O) groups excluding carboxylic acids is 1. The van der Waals surface area contributed by atoms with Crippen LogP contribution < -0.4 is 5.32 Å². The summed E-state index contributed by atoms with van der Waals surface area (Å²) in [5.74, 6) is -1.51. The van der Waals surface area contributed by atoms with Crippen LogP contribution in [0.1, 0.15) is 31.2 Å². The van der Waals surface area contributed by atoms with Crippen LogP contribution in [0.2, 0.25) is 0 Å². The molecule has 1 saturated carbocycles. The van der Waals surface area contributed by atoms with Gasteiger partial charge in [0.15, 0.2) is 0 Å². The lowest BCUT2D eigenvalue weighted by molar-refractivity contribution is -0.144. The largest absolute Gasteiger partial charge is 0.481 e. The third-order valence-corrected chi connectivity index (χ3v) is 3.64. The average Bonchev–Trinajstić information content (AvgIpc) is 2.46. The van der Waals surface area contributed by atoms with Crippen LogP contribution in [0.15, 0.2) is 36.4 Å². The first-order valence-electron chi connectivity index (χ1n) is 6.93. The van der Waals surface area contributed by atoms with Crippen molar-refractivity contribution in [2.75, 3.05) is 0 Å². The number of amides is 1. The Balaban J connectivity index is 1.93. The first-order valence-corrected chi connectivity index (χ1v) is 6.93. The van der Waals surface area contributed by atoms with Gasteiger partial charge in [-0.2, -0.15) is 0 Å². The van der Waals surface area contributed by atoms with Crippen molar-refractivity contribution in [2.45, 2.75) is 31.7 Å². The highest BCUT2D eigenvalue weighted by Gasteiger charge is 2.31. The maximum absolute atomic E-state index is 11.9. The van der Waals surface area contributed by atoms with Crippen molar-refractivity contribution in [2.24, 2.45) is 5.92 Å². The molecule has 20 heavy (non-hydrogen) atoms. The molecule has 0 saturated heterocycles. The topological polar surface area (TPSA) is 66.4 Å². The molecule has 0 bridgehead atoms. The SMILES string of the molecule is O=C(C=Cc1ccccc1)N[C@H]1CCCC[C@H]1C(=O)O. The minimum atomic E-state index is -0.818. The average molecular weight is 273 g/mol. The molecular formula is C16H19NO3. The zero-order valence-electron chi connectivity index (χ0n) is 11.3. The number of benzene rings is 1. The number of nitrogens with one attached hydrogen (secondary N) is 1. The Morgan fingerprint density at radius 1 is 1.15 bits per heavy atom. The molecule has 2 N–H and O–H groups in total. The van der Waals surface area contributed by atoms with Gasteiger partial charge in [0.2, 0.25) is 5.91 Å². The van der Waals surface area contributed by atoms with E-state index in [1.54, 1.807) is 6.08 Å². The smallest absolute Gasteiger partial charge is 0.308 e. The summed E-state index contributed by atoms with van der Waals surface area (Å²) >= 11 is 0. The van der Waals surface area contributed by atoms with Gasteiger partial charge in [-0.3, -0.25) is 9.59 Å². The molecule has 2 atom stereocenters. The van der Waals surface area contributed by atoms with E-state index in [1.807, 2.05) is 30.3 Å². The molecule has 1 aliphatic carbocycles. The van der Waals surface area contributed by atoms with E-state index in [0.29, 0.717) is 6.42 Å². The van der Waals surface area contributed by atoms with E-state index in [1.165, 1.54) is 6.08 Å². The number of rotatable bonds is 4. The molecule has 2 rings (SSSR count). The van der Waals surface area contributed by atoms with Gasteiger partial charge >= 0.3 is 5.97 Å². The van der Waals surface area contributed by atoms with Gasteiger partial charge in [0.1, 0.15) is 0 Å². The van der Waals surface area contributed by atoms with Crippen molar-refractivity contribution in [3.05, 3.63) is 42.0 Å². The van der Waals surface area contributed by atoms with E-state index in [9.17, 15) is 9.59 Å². The van der Waals surface area contributed by atoms with Crippen LogP contribution >= 0.6 is 0 Å². The Hall–Kier alpha value is -2.10. The Labute approximate surface area is 118 Å². The molecule has 1 fully saturated rings. The van der Waals surface area contributed by atoms with E-state index >= 15 is 0 Å². The Kier molecular flexibility index (Phi) is 4.93. The molecule has 1 aliphatic rings. The van der Waals surface area contributed by atoms with Gasteiger partial charge < -0.3 is 10.4 Å². The minimum absolute atomic E-state index is 0.230. The minimum Gasteiger partial charge on any atom is -0.481 e. The van der Waals surface area contributed by atoms with Gasteiger partial charge in [-0.25, -0.2) is 0 Å². The fraction of sp³-hybridized carbons (Fsp3) is 0.375. The highest BCUT2D eigenvalue weighted by Crippen LogP contribution is 2.24. The van der Waals surface area contributed by atoms with Crippen molar-refractivity contribution in [3.8, 4) is 0 Å². The summed E-state index contributed by atoms with van der Waals surface area (Å²) in [6, 6.07) is 9.28. The predicted molar refractivity (Wildman–Crippen MR) is 77.0 cm³/mol. The maximum Gasteiger partial charge on any atom is 0.308 e. The first-order chi connectivity index (χ1) is 9.66. The highest BCUT2D eigenvalue weighted by molar-refractivity contribution is 5.92. The summed E-state index contributed by atoms with van der Waals surface area (Å²) in [6.45, 7) is 0. The number of aliphatic carboxylic acids is 1. The second kappa shape index (κ2) is 6.89. The molecule has 4 nitrogen and oxygen atoms in total. The van der Waals surface area contributed by atoms with Crippen molar-refractivity contribution in [3.63, 3.8) is 0 Å². The summed E-state index contributed by atoms with van der Waals surface area (Å²) in [5, 5.41) is 12.0. The molecule has 4 heteroatoms. The van der Waals surface area contributed by atoms with Crippen molar-refractivity contribution >= 4 is 18.0 Å². The first kappa shape index (κ1) is 14.3. The summed E-state index contributed by atoms with van der Waals surface area (Å²) in [5.41, 5.74) is 0.945. The van der Waals surface area contributed by atoms with Gasteiger partial charge in [-0.15, -0.1) is 0 Å². The summed E-state index contributed by atoms with van der Waals surface area (Å²) in [4.78, 5) is 23.0. The lowest BCUT2D eigenvalue weighted by atomic mass is 9.84. The van der Waals surface area contributed by atoms with Crippen LogP contribution in [0.25, 0.3) is 6.08 Å². The molecular weight excluding hydrogens is 254 g/mol. The van der Waals surface area contributed by atoms with Crippen molar-refractivity contribution in [1.29, 1.82) is 0 Å². The normalized spacial score (nSPS) is 22.6. The second-order valence-corrected chi connectivity index (χ2v) is 5.09. The monoisotopic (exact) mass is 273 g/mol. The second-order valence-electron chi connectivity index (χ2n) is 5.09. The van der Waals surface area contributed by atoms with E-state index < -0.39 is 11.9 Å². The maximum atomic E-state index is 11.9. The Morgan fingerprint density at radius 2 is 1.85 bits per heavy atom. The van der Waals surface area contributed by atoms with Crippen LogP contribution in [0.5, 0.6) is 0 Å². The molecule has 0 unspecified atom stereocenters. The number of carboxylic acid groups (broad SMARTS) is 1. The van der Waals surface area contributed by atoms with Crippen LogP contribution in [0.3, 0.4) is 0 Å². The third kappa shape index (κ3) is 3.95. The summed E-state index contributed by atoms with van der Waals surface area (Å²) < 4.78 is 0. The molecule has 1 aromatic carbocycles. The highest BCUT2D eigenvalue weighted by atomic mass is 16.4. The zero-order valence-corrected chi connectivity index (χ0v) is 11.3. The standard InChI is InChI=1S/C16H19NO3/c18-15(11-10-12-6-2-1-3-7-12)17-14-9-5-4-8-13(14)16(19)20/h1-3,6-7,10-11,13-14H,4-5,8-9H2,(H,17,18)(H,19,20)/t13-,14+/m1/s1. The predicted octanol–water partition coefficient (Wildman–Crippen LogP) is 2.46. The summed E-state index contributed by atoms with van der Waals surface area (Å²) in [6.07, 6.45) is 6.46. The van der Waals surface area contributed by atoms with E-state index in [0.717, 1.165) is 24.8 Å². The molecule has 1 aromatic rings. The van der Waals surface area contributed by atoms with Crippen molar-refractivity contribution in [1.82, 2.24) is 5.32 Å². The van der Waals surface area contributed by atoms with E-state index in [-0.39, 0.29) is 11.9 Å². The summed E-state index contributed by atoms with van der Waals surface area (Å²) in [7, 11) is 0. The quantitative estimate of drug-likeness (QED) is 0.828. The van der Waals surface area contributed by atoms with Crippen LogP contribution in [-0.4, -0.2) is 23.0 Å². The fourth-order valence-electron chi connectivity index (χ4n) is 2.57. The number of carbonyl (C=O) groups is 2. The molecule has 0 aromatic heterocycles. The van der Waals surface area contributed by atoms with Crippen molar-refractivity contribution < 1.29 is 14.7 Å². The van der Waals surface area contributed by atoms with Gasteiger partial charge in [0, 0.05) is 12.1 Å². The van der Waals surface area contributed by atoms with Gasteiger partial charge in [-0.1, -0.05) is 43.2 Å². The number of hydrogen-bond donors (Lipinski definition) is 2. The molecule has 0 aliphatic heterocycles. The molecule has 0 heterocycles. The Morgan fingerprint density at radius 3 is 2.55 bits per heavy atom. The zero-order chi connectivity index (χ0) is 14.4. The Bertz CT molecular complexity index is 496. The number of hydrogen-bond acceptors (Lipinski definition) is 2. The van der Waals surface area contributed by atoms with Gasteiger partial charge in [0.05, 0.1) is 5.92 Å². The fourth-order valence-corrected chi connectivity index (χ4v) is 2.57. The third-order valence-electron chi connectivity index (χ3n) is 3.64. The van der Waals surface area contributed by atoms with E-state index in [4.69, 9.17) is 5.11 Å². The van der Waals surface area contributed by atoms with Gasteiger partial charge in [0.25, 0.3) is 0 Å². The molecule has 1 amide bonds. The van der Waals surface area contributed by atoms with Crippen LogP contribution in [0, 0.1) is 5.92 Å². The van der Waals surface area contributed by atoms with Crippen LogP contribution in [0.4, 0.5) is 0 Å². The van der Waals surface area contributed by atoms with Crippen LogP contribution in [-0.2, 0) is 9.59 Å². The van der Waals surface area contributed by atoms with Gasteiger partial charge in [-0.05, 0) is 24.5 Å². The number of carboxylic acids is 1. The molecule has 0 radical (unpaired) electrons. The lowest BCUT2D eigenvalue weighted by Crippen LogP contribution is -2.44. The molecule has 0 spiro atoms. The van der Waals surface area contributed by atoms with E-state index in [2.05, 4.69) is 5.32 Å².